The molecule has 0 bridgehead atoms. The van der Waals surface area contributed by atoms with Crippen LogP contribution in [0.4, 0.5) is 17.1 Å². The Morgan fingerprint density at radius 2 is 0.803 bits per heavy atom. The van der Waals surface area contributed by atoms with Crippen molar-refractivity contribution in [3.63, 3.8) is 0 Å². The molecule has 0 aliphatic rings. The van der Waals surface area contributed by atoms with Crippen LogP contribution in [0, 0.1) is 0 Å². The van der Waals surface area contributed by atoms with Crippen LogP contribution in [-0.4, -0.2) is 4.57 Å². The minimum atomic E-state index is 0.857. The van der Waals surface area contributed by atoms with E-state index in [1.807, 2.05) is 0 Å². The highest BCUT2D eigenvalue weighted by atomic mass is 16.3. The number of nitrogens with zero attached hydrogens (tertiary/aromatic N) is 2. The molecule has 0 aliphatic heterocycles. The Hall–Kier alpha value is -8.14. The lowest BCUT2D eigenvalue weighted by molar-refractivity contribution is 0.670. The Kier molecular flexibility index (Phi) is 8.17. The van der Waals surface area contributed by atoms with Gasteiger partial charge >= 0.3 is 0 Å². The molecule has 0 atom stereocenters. The first-order valence-electron chi connectivity index (χ1n) is 20.8. The highest BCUT2D eigenvalue weighted by molar-refractivity contribution is 6.19. The summed E-state index contributed by atoms with van der Waals surface area (Å²) in [6.45, 7) is 0. The topological polar surface area (TPSA) is 21.3 Å². The summed E-state index contributed by atoms with van der Waals surface area (Å²) in [7, 11) is 0. The Morgan fingerprint density at radius 3 is 1.39 bits per heavy atom. The molecule has 2 aromatic heterocycles. The van der Waals surface area contributed by atoms with Crippen LogP contribution in [0.3, 0.4) is 0 Å². The van der Waals surface area contributed by atoms with Crippen molar-refractivity contribution in [2.45, 2.75) is 0 Å². The number of furan rings is 1. The highest BCUT2D eigenvalue weighted by Crippen LogP contribution is 2.45. The van der Waals surface area contributed by atoms with Gasteiger partial charge in [-0.25, -0.2) is 0 Å². The van der Waals surface area contributed by atoms with Crippen molar-refractivity contribution in [2.75, 3.05) is 4.90 Å². The summed E-state index contributed by atoms with van der Waals surface area (Å²) in [4.78, 5) is 2.34. The van der Waals surface area contributed by atoms with E-state index in [1.54, 1.807) is 0 Å². The van der Waals surface area contributed by atoms with Crippen LogP contribution in [0.15, 0.2) is 235 Å². The van der Waals surface area contributed by atoms with Gasteiger partial charge in [-0.05, 0) is 111 Å². The first-order valence-corrected chi connectivity index (χ1v) is 20.8. The molecule has 0 fully saturated rings. The van der Waals surface area contributed by atoms with Gasteiger partial charge in [-0.15, -0.1) is 0 Å². The molecule has 0 aliphatic carbocycles. The Balaban J connectivity index is 1.00. The molecule has 0 unspecified atom stereocenters. The van der Waals surface area contributed by atoms with Crippen molar-refractivity contribution in [2.24, 2.45) is 0 Å². The van der Waals surface area contributed by atoms with Crippen molar-refractivity contribution < 1.29 is 4.42 Å². The second-order valence-electron chi connectivity index (χ2n) is 15.7. The Labute approximate surface area is 353 Å². The normalized spacial score (nSPS) is 11.6. The maximum absolute atomic E-state index is 6.92. The van der Waals surface area contributed by atoms with Crippen LogP contribution >= 0.6 is 0 Å². The second-order valence-corrected chi connectivity index (χ2v) is 15.7. The molecular formula is C58H38N2O. The minimum Gasteiger partial charge on any atom is -0.455 e. The lowest BCUT2D eigenvalue weighted by Gasteiger charge is -2.26. The van der Waals surface area contributed by atoms with Gasteiger partial charge in [-0.1, -0.05) is 158 Å². The van der Waals surface area contributed by atoms with Crippen LogP contribution in [0.1, 0.15) is 0 Å². The maximum atomic E-state index is 6.92. The van der Waals surface area contributed by atoms with Crippen molar-refractivity contribution in [1.82, 2.24) is 4.57 Å². The summed E-state index contributed by atoms with van der Waals surface area (Å²) >= 11 is 0. The molecule has 10 aromatic carbocycles. The molecule has 3 nitrogen and oxygen atoms in total. The monoisotopic (exact) mass is 778 g/mol. The number of hydrogen-bond donors (Lipinski definition) is 0. The summed E-state index contributed by atoms with van der Waals surface area (Å²) in [5.41, 5.74) is 15.5. The Bertz CT molecular complexity index is 3410. The summed E-state index contributed by atoms with van der Waals surface area (Å²) in [5.74, 6) is 0. The summed E-state index contributed by atoms with van der Waals surface area (Å²) in [6.07, 6.45) is 0. The van der Waals surface area contributed by atoms with Crippen molar-refractivity contribution in [1.29, 1.82) is 0 Å². The SMILES string of the molecule is c1ccc(-c2ccc(N(c3ccc(-c4ccccc4)cc3)c3ccc4oc5c(-c6ccc(-n7c8ccccc8c8ccccc87)cc6)c6ccccc6cc5c4c3)cc2)cc1. The lowest BCUT2D eigenvalue weighted by Crippen LogP contribution is -2.09. The lowest BCUT2D eigenvalue weighted by atomic mass is 9.95. The van der Waals surface area contributed by atoms with Gasteiger partial charge in [0.25, 0.3) is 0 Å². The standard InChI is InChI=1S/C58H38N2O/c1-3-13-39(14-4-1)41-23-29-45(30-24-41)59(46-31-25-42(26-32-46)40-15-5-2-6-16-40)48-35-36-56-52(38-48)53-37-44-17-7-8-18-49(44)57(58(53)61-56)43-27-33-47(34-28-43)60-54-21-11-9-19-50(54)51-20-10-12-22-55(51)60/h1-38H. The molecule has 61 heavy (non-hydrogen) atoms. The molecule has 2 heterocycles. The quantitative estimate of drug-likeness (QED) is 0.161. The minimum absolute atomic E-state index is 0.857. The van der Waals surface area contributed by atoms with Gasteiger partial charge in [0.05, 0.1) is 11.0 Å². The molecular weight excluding hydrogens is 741 g/mol. The first-order chi connectivity index (χ1) is 30.2. The van der Waals surface area contributed by atoms with Crippen molar-refractivity contribution in [3.05, 3.63) is 231 Å². The molecule has 3 heteroatoms. The number of rotatable bonds is 7. The number of hydrogen-bond acceptors (Lipinski definition) is 2. The fourth-order valence-electron chi connectivity index (χ4n) is 9.28. The predicted molar refractivity (Wildman–Crippen MR) is 257 cm³/mol. The smallest absolute Gasteiger partial charge is 0.143 e. The summed E-state index contributed by atoms with van der Waals surface area (Å²) < 4.78 is 9.28. The van der Waals surface area contributed by atoms with Gasteiger partial charge in [0, 0.05) is 49.9 Å². The first kappa shape index (κ1) is 34.9. The molecule has 12 aromatic rings. The Morgan fingerprint density at radius 1 is 0.328 bits per heavy atom. The number of anilines is 3. The largest absolute Gasteiger partial charge is 0.455 e. The number of fused-ring (bicyclic) bond motifs is 7. The predicted octanol–water partition coefficient (Wildman–Crippen LogP) is 16.3. The molecule has 0 saturated heterocycles. The third-order valence-electron chi connectivity index (χ3n) is 12.2. The van der Waals surface area contributed by atoms with Crippen LogP contribution in [0.5, 0.6) is 0 Å². The van der Waals surface area contributed by atoms with Crippen molar-refractivity contribution in [3.8, 4) is 39.1 Å². The number of para-hydroxylation sites is 2. The van der Waals surface area contributed by atoms with E-state index >= 15 is 0 Å². The third kappa shape index (κ3) is 5.90. The third-order valence-corrected chi connectivity index (χ3v) is 12.2. The molecule has 0 spiro atoms. The van der Waals surface area contributed by atoms with Crippen LogP contribution < -0.4 is 4.90 Å². The van der Waals surface area contributed by atoms with Gasteiger partial charge in [0.15, 0.2) is 0 Å². The zero-order chi connectivity index (χ0) is 40.3. The molecule has 12 rings (SSSR count). The zero-order valence-electron chi connectivity index (χ0n) is 33.2. The second kappa shape index (κ2) is 14.3. The summed E-state index contributed by atoms with van der Waals surface area (Å²) in [5, 5.41) is 7.02. The van der Waals surface area contributed by atoms with Crippen molar-refractivity contribution >= 4 is 71.6 Å². The van der Waals surface area contributed by atoms with E-state index in [4.69, 9.17) is 4.42 Å². The van der Waals surface area contributed by atoms with Gasteiger partial charge in [-0.2, -0.15) is 0 Å². The molecule has 0 radical (unpaired) electrons. The van der Waals surface area contributed by atoms with Crippen LogP contribution in [0.25, 0.3) is 93.6 Å². The van der Waals surface area contributed by atoms with E-state index in [9.17, 15) is 0 Å². The van der Waals surface area contributed by atoms with Gasteiger partial charge in [0.1, 0.15) is 11.2 Å². The van der Waals surface area contributed by atoms with Crippen LogP contribution in [-0.2, 0) is 0 Å². The van der Waals surface area contributed by atoms with Gasteiger partial charge in [-0.3, -0.25) is 0 Å². The van der Waals surface area contributed by atoms with E-state index in [0.717, 1.165) is 61.2 Å². The number of benzene rings is 10. The molecule has 0 saturated carbocycles. The van der Waals surface area contributed by atoms with Crippen LogP contribution in [0.2, 0.25) is 0 Å². The van der Waals surface area contributed by atoms with E-state index in [1.165, 1.54) is 49.4 Å². The fraction of sp³-hybridized carbons (Fsp3) is 0. The molecule has 0 amide bonds. The summed E-state index contributed by atoms with van der Waals surface area (Å²) in [6, 6.07) is 82.7. The highest BCUT2D eigenvalue weighted by Gasteiger charge is 2.20. The average Bonchev–Trinajstić information content (AvgIpc) is 3.87. The van der Waals surface area contributed by atoms with E-state index in [2.05, 4.69) is 240 Å². The van der Waals surface area contributed by atoms with Gasteiger partial charge in [0.2, 0.25) is 0 Å². The van der Waals surface area contributed by atoms with E-state index < -0.39 is 0 Å². The number of aromatic nitrogens is 1. The maximum Gasteiger partial charge on any atom is 0.143 e. The van der Waals surface area contributed by atoms with E-state index in [-0.39, 0.29) is 0 Å². The average molecular weight is 779 g/mol. The molecule has 0 N–H and O–H groups in total. The molecule has 286 valence electrons. The van der Waals surface area contributed by atoms with Gasteiger partial charge < -0.3 is 13.9 Å². The fourth-order valence-corrected chi connectivity index (χ4v) is 9.28. The van der Waals surface area contributed by atoms with E-state index in [0.29, 0.717) is 0 Å². The zero-order valence-corrected chi connectivity index (χ0v) is 33.2.